The lowest BCUT2D eigenvalue weighted by Gasteiger charge is -2.07. The molecule has 2 aromatic carbocycles. The molecule has 0 amide bonds. The number of carbonyl (C=O) groups excluding carboxylic acids is 1. The largest absolute Gasteiger partial charge is 0.423 e. The Morgan fingerprint density at radius 1 is 1.05 bits per heavy atom. The fourth-order valence-corrected chi connectivity index (χ4v) is 1.85. The summed E-state index contributed by atoms with van der Waals surface area (Å²) in [5, 5.41) is 0. The molecule has 0 aliphatic heterocycles. The van der Waals surface area contributed by atoms with E-state index in [1.165, 1.54) is 5.56 Å². The van der Waals surface area contributed by atoms with Crippen LogP contribution in [0.15, 0.2) is 48.5 Å². The van der Waals surface area contributed by atoms with E-state index in [-0.39, 0.29) is 5.97 Å². The van der Waals surface area contributed by atoms with Gasteiger partial charge in [0.2, 0.25) is 0 Å². The van der Waals surface area contributed by atoms with Gasteiger partial charge in [-0.2, -0.15) is 0 Å². The molecule has 2 rings (SSSR count). The van der Waals surface area contributed by atoms with Gasteiger partial charge in [-0.15, -0.1) is 0 Å². The molecule has 0 saturated carbocycles. The average Bonchev–Trinajstić information content (AvgIpc) is 2.39. The van der Waals surface area contributed by atoms with Gasteiger partial charge in [-0.3, -0.25) is 0 Å². The van der Waals surface area contributed by atoms with Crippen molar-refractivity contribution in [3.05, 3.63) is 65.2 Å². The van der Waals surface area contributed by atoms with Crippen molar-refractivity contribution in [2.24, 2.45) is 0 Å². The van der Waals surface area contributed by atoms with Gasteiger partial charge in [-0.1, -0.05) is 38.1 Å². The van der Waals surface area contributed by atoms with Crippen LogP contribution in [0.4, 0.5) is 0 Å². The Balaban J connectivity index is 2.11. The van der Waals surface area contributed by atoms with Crippen LogP contribution in [0.2, 0.25) is 0 Å². The van der Waals surface area contributed by atoms with Crippen molar-refractivity contribution < 1.29 is 9.53 Å². The minimum atomic E-state index is -0.319. The Bertz CT molecular complexity index is 568. The summed E-state index contributed by atoms with van der Waals surface area (Å²) >= 11 is 0. The minimum absolute atomic E-state index is 0.319. The minimum Gasteiger partial charge on any atom is -0.423 e. The van der Waals surface area contributed by atoms with Crippen LogP contribution in [-0.4, -0.2) is 5.97 Å². The number of rotatable bonds is 3. The molecule has 0 bridgehead atoms. The van der Waals surface area contributed by atoms with Crippen molar-refractivity contribution in [3.8, 4) is 5.75 Å². The fourth-order valence-electron chi connectivity index (χ4n) is 1.85. The summed E-state index contributed by atoms with van der Waals surface area (Å²) in [4.78, 5) is 12.0. The lowest BCUT2D eigenvalue weighted by molar-refractivity contribution is 0.0734. The molecule has 0 N–H and O–H groups in total. The topological polar surface area (TPSA) is 26.3 Å². The van der Waals surface area contributed by atoms with Gasteiger partial charge in [0.1, 0.15) is 5.75 Å². The Morgan fingerprint density at radius 3 is 2.32 bits per heavy atom. The van der Waals surface area contributed by atoms with Crippen LogP contribution in [0.3, 0.4) is 0 Å². The molecule has 0 heterocycles. The molecule has 0 aromatic heterocycles. The lowest BCUT2D eigenvalue weighted by Crippen LogP contribution is -2.08. The van der Waals surface area contributed by atoms with Crippen LogP contribution in [0.25, 0.3) is 0 Å². The zero-order valence-electron chi connectivity index (χ0n) is 11.5. The zero-order valence-corrected chi connectivity index (χ0v) is 11.5. The van der Waals surface area contributed by atoms with Crippen LogP contribution in [0.1, 0.15) is 41.3 Å². The molecule has 98 valence electrons. The smallest absolute Gasteiger partial charge is 0.343 e. The average molecular weight is 254 g/mol. The summed E-state index contributed by atoms with van der Waals surface area (Å²) in [6.07, 6.45) is 0. The second-order valence-electron chi connectivity index (χ2n) is 4.98. The van der Waals surface area contributed by atoms with Crippen LogP contribution in [-0.2, 0) is 0 Å². The first kappa shape index (κ1) is 13.3. The lowest BCUT2D eigenvalue weighted by atomic mass is 10.0. The third-order valence-electron chi connectivity index (χ3n) is 3.01. The molecular formula is C17H18O2. The van der Waals surface area contributed by atoms with Crippen LogP contribution < -0.4 is 4.74 Å². The van der Waals surface area contributed by atoms with E-state index in [9.17, 15) is 4.79 Å². The normalized spacial score (nSPS) is 10.5. The van der Waals surface area contributed by atoms with E-state index in [1.54, 1.807) is 6.07 Å². The number of ether oxygens (including phenoxy) is 1. The number of hydrogen-bond acceptors (Lipinski definition) is 2. The number of benzene rings is 2. The molecule has 19 heavy (non-hydrogen) atoms. The van der Waals surface area contributed by atoms with E-state index in [1.807, 2.05) is 49.4 Å². The second-order valence-corrected chi connectivity index (χ2v) is 4.98. The molecule has 0 fully saturated rings. The molecule has 0 unspecified atom stereocenters. The number of aryl methyl sites for hydroxylation is 1. The number of carbonyl (C=O) groups is 1. The highest BCUT2D eigenvalue weighted by atomic mass is 16.5. The molecule has 2 aromatic rings. The first-order valence-corrected chi connectivity index (χ1v) is 6.45. The van der Waals surface area contributed by atoms with Gasteiger partial charge >= 0.3 is 5.97 Å². The Morgan fingerprint density at radius 2 is 1.74 bits per heavy atom. The van der Waals surface area contributed by atoms with E-state index in [4.69, 9.17) is 4.74 Å². The molecule has 0 spiro atoms. The maximum absolute atomic E-state index is 12.0. The van der Waals surface area contributed by atoms with E-state index < -0.39 is 0 Å². The highest BCUT2D eigenvalue weighted by molar-refractivity contribution is 5.91. The molecule has 0 saturated heterocycles. The molecule has 0 aliphatic carbocycles. The molecule has 0 radical (unpaired) electrons. The first-order valence-electron chi connectivity index (χ1n) is 6.45. The highest BCUT2D eigenvalue weighted by Gasteiger charge is 2.09. The van der Waals surface area contributed by atoms with Gasteiger partial charge in [0.05, 0.1) is 5.56 Å². The summed E-state index contributed by atoms with van der Waals surface area (Å²) in [5.41, 5.74) is 2.86. The summed E-state index contributed by atoms with van der Waals surface area (Å²) in [7, 11) is 0. The van der Waals surface area contributed by atoms with E-state index in [0.29, 0.717) is 17.2 Å². The van der Waals surface area contributed by atoms with Gasteiger partial charge in [-0.25, -0.2) is 4.79 Å². The summed E-state index contributed by atoms with van der Waals surface area (Å²) in [5.74, 6) is 0.723. The van der Waals surface area contributed by atoms with Crippen LogP contribution in [0, 0.1) is 6.92 Å². The monoisotopic (exact) mass is 254 g/mol. The fraction of sp³-hybridized carbons (Fsp3) is 0.235. The predicted octanol–water partition coefficient (Wildman–Crippen LogP) is 4.34. The van der Waals surface area contributed by atoms with Crippen molar-refractivity contribution in [2.75, 3.05) is 0 Å². The highest BCUT2D eigenvalue weighted by Crippen LogP contribution is 2.17. The van der Waals surface area contributed by atoms with Gasteiger partial charge in [-0.05, 0) is 48.2 Å². The number of hydrogen-bond donors (Lipinski definition) is 0. The van der Waals surface area contributed by atoms with E-state index in [0.717, 1.165) is 5.56 Å². The zero-order chi connectivity index (χ0) is 13.8. The van der Waals surface area contributed by atoms with Gasteiger partial charge in [0, 0.05) is 0 Å². The van der Waals surface area contributed by atoms with E-state index in [2.05, 4.69) is 13.8 Å². The third-order valence-corrected chi connectivity index (χ3v) is 3.01. The van der Waals surface area contributed by atoms with Gasteiger partial charge in [0.25, 0.3) is 0 Å². The Labute approximate surface area is 114 Å². The summed E-state index contributed by atoms with van der Waals surface area (Å²) in [6.45, 7) is 6.22. The van der Waals surface area contributed by atoms with Crippen molar-refractivity contribution in [1.82, 2.24) is 0 Å². The standard InChI is InChI=1S/C17H18O2/c1-12(2)14-7-9-15(10-8-14)17(18)19-16-6-4-5-13(3)11-16/h4-12H,1-3H3. The quantitative estimate of drug-likeness (QED) is 0.601. The van der Waals surface area contributed by atoms with Crippen LogP contribution in [0.5, 0.6) is 5.75 Å². The first-order chi connectivity index (χ1) is 9.06. The van der Waals surface area contributed by atoms with Crippen molar-refractivity contribution >= 4 is 5.97 Å². The van der Waals surface area contributed by atoms with Crippen molar-refractivity contribution in [2.45, 2.75) is 26.7 Å². The maximum Gasteiger partial charge on any atom is 0.343 e. The predicted molar refractivity (Wildman–Crippen MR) is 76.7 cm³/mol. The second kappa shape index (κ2) is 5.70. The number of esters is 1. The molecule has 0 atom stereocenters. The maximum atomic E-state index is 12.0. The SMILES string of the molecule is Cc1cccc(OC(=O)c2ccc(C(C)C)cc2)c1. The molecule has 2 nitrogen and oxygen atoms in total. The van der Waals surface area contributed by atoms with Gasteiger partial charge < -0.3 is 4.74 Å². The molecule has 0 aliphatic rings. The molecular weight excluding hydrogens is 236 g/mol. The molecule has 2 heteroatoms. The van der Waals surface area contributed by atoms with Crippen molar-refractivity contribution in [3.63, 3.8) is 0 Å². The Hall–Kier alpha value is -2.09. The van der Waals surface area contributed by atoms with Crippen molar-refractivity contribution in [1.29, 1.82) is 0 Å². The Kier molecular flexibility index (Phi) is 4.00. The summed E-state index contributed by atoms with van der Waals surface area (Å²) < 4.78 is 5.34. The summed E-state index contributed by atoms with van der Waals surface area (Å²) in [6, 6.07) is 15.0. The third kappa shape index (κ3) is 3.44. The van der Waals surface area contributed by atoms with Crippen LogP contribution >= 0.6 is 0 Å². The van der Waals surface area contributed by atoms with Gasteiger partial charge in [0.15, 0.2) is 0 Å². The van der Waals surface area contributed by atoms with E-state index >= 15 is 0 Å².